The van der Waals surface area contributed by atoms with E-state index in [0.29, 0.717) is 0 Å². The lowest BCUT2D eigenvalue weighted by atomic mass is 10.5. The maximum atomic E-state index is 10.6. The SMILES string of the molecule is CC(=O)N(C)CCS(C)(=O)=O. The van der Waals surface area contributed by atoms with Gasteiger partial charge in [0, 0.05) is 26.8 Å². The fourth-order valence-corrected chi connectivity index (χ4v) is 1.07. The van der Waals surface area contributed by atoms with Crippen molar-refractivity contribution in [2.75, 3.05) is 25.6 Å². The van der Waals surface area contributed by atoms with Crippen molar-refractivity contribution in [1.82, 2.24) is 4.90 Å². The molecule has 0 bridgehead atoms. The molecular weight excluding hydrogens is 166 g/mol. The van der Waals surface area contributed by atoms with Crippen LogP contribution in [0.1, 0.15) is 6.92 Å². The Morgan fingerprint density at radius 2 is 1.91 bits per heavy atom. The van der Waals surface area contributed by atoms with E-state index in [1.54, 1.807) is 7.05 Å². The van der Waals surface area contributed by atoms with Gasteiger partial charge in [0.05, 0.1) is 5.75 Å². The van der Waals surface area contributed by atoms with Gasteiger partial charge in [-0.2, -0.15) is 0 Å². The van der Waals surface area contributed by atoms with Crippen molar-refractivity contribution >= 4 is 15.7 Å². The van der Waals surface area contributed by atoms with Crippen molar-refractivity contribution < 1.29 is 13.2 Å². The topological polar surface area (TPSA) is 54.5 Å². The average molecular weight is 179 g/mol. The van der Waals surface area contributed by atoms with E-state index in [-0.39, 0.29) is 18.2 Å². The van der Waals surface area contributed by atoms with E-state index in [4.69, 9.17) is 0 Å². The van der Waals surface area contributed by atoms with E-state index < -0.39 is 9.84 Å². The van der Waals surface area contributed by atoms with Gasteiger partial charge >= 0.3 is 0 Å². The summed E-state index contributed by atoms with van der Waals surface area (Å²) in [6.07, 6.45) is 1.15. The molecule has 0 radical (unpaired) electrons. The summed E-state index contributed by atoms with van der Waals surface area (Å²) in [4.78, 5) is 12.0. The molecule has 0 fully saturated rings. The van der Waals surface area contributed by atoms with Gasteiger partial charge in [0.1, 0.15) is 9.84 Å². The molecule has 0 N–H and O–H groups in total. The first-order valence-electron chi connectivity index (χ1n) is 3.22. The average Bonchev–Trinajstić information content (AvgIpc) is 1.80. The standard InChI is InChI=1S/C6H13NO3S/c1-6(8)7(2)4-5-11(3,9)10/h4-5H2,1-3H3. The van der Waals surface area contributed by atoms with Crippen LogP contribution in [0, 0.1) is 0 Å². The molecule has 0 aliphatic heterocycles. The monoisotopic (exact) mass is 179 g/mol. The van der Waals surface area contributed by atoms with Gasteiger partial charge < -0.3 is 4.90 Å². The fourth-order valence-electron chi connectivity index (χ4n) is 0.460. The third kappa shape index (κ3) is 5.84. The molecule has 4 nitrogen and oxygen atoms in total. The molecule has 0 heterocycles. The lowest BCUT2D eigenvalue weighted by Crippen LogP contribution is -2.29. The minimum atomic E-state index is -2.95. The number of carbonyl (C=O) groups excluding carboxylic acids is 1. The normalized spacial score (nSPS) is 11.2. The van der Waals surface area contributed by atoms with Crippen LogP contribution in [0.3, 0.4) is 0 Å². The van der Waals surface area contributed by atoms with Gasteiger partial charge in [-0.1, -0.05) is 0 Å². The number of amides is 1. The lowest BCUT2D eigenvalue weighted by Gasteiger charge is -2.12. The number of hydrogen-bond acceptors (Lipinski definition) is 3. The van der Waals surface area contributed by atoms with Gasteiger partial charge in [-0.15, -0.1) is 0 Å². The van der Waals surface area contributed by atoms with E-state index in [1.165, 1.54) is 11.8 Å². The van der Waals surface area contributed by atoms with Crippen LogP contribution in [0.15, 0.2) is 0 Å². The first-order valence-corrected chi connectivity index (χ1v) is 5.28. The summed E-state index contributed by atoms with van der Waals surface area (Å²) in [5.41, 5.74) is 0. The Morgan fingerprint density at radius 3 is 2.18 bits per heavy atom. The molecule has 0 saturated carbocycles. The lowest BCUT2D eigenvalue weighted by molar-refractivity contribution is -0.127. The maximum Gasteiger partial charge on any atom is 0.219 e. The van der Waals surface area contributed by atoms with Crippen molar-refractivity contribution in [3.8, 4) is 0 Å². The Hall–Kier alpha value is -0.580. The quantitative estimate of drug-likeness (QED) is 0.587. The molecule has 11 heavy (non-hydrogen) atoms. The van der Waals surface area contributed by atoms with Crippen LogP contribution in [0.2, 0.25) is 0 Å². The van der Waals surface area contributed by atoms with Crippen LogP contribution in [0.4, 0.5) is 0 Å². The molecule has 5 heteroatoms. The number of nitrogens with zero attached hydrogens (tertiary/aromatic N) is 1. The van der Waals surface area contributed by atoms with E-state index in [9.17, 15) is 13.2 Å². The Balaban J connectivity index is 3.82. The van der Waals surface area contributed by atoms with Crippen molar-refractivity contribution in [3.63, 3.8) is 0 Å². The molecule has 0 unspecified atom stereocenters. The van der Waals surface area contributed by atoms with Gasteiger partial charge in [-0.25, -0.2) is 8.42 Å². The van der Waals surface area contributed by atoms with Crippen LogP contribution < -0.4 is 0 Å². The zero-order valence-electron chi connectivity index (χ0n) is 6.99. The molecule has 0 aromatic carbocycles. The van der Waals surface area contributed by atoms with E-state index in [0.717, 1.165) is 6.26 Å². The summed E-state index contributed by atoms with van der Waals surface area (Å²) in [5.74, 6) is -0.0862. The van der Waals surface area contributed by atoms with Crippen molar-refractivity contribution in [2.24, 2.45) is 0 Å². The highest BCUT2D eigenvalue weighted by Crippen LogP contribution is 1.87. The Morgan fingerprint density at radius 1 is 1.45 bits per heavy atom. The first-order chi connectivity index (χ1) is 4.83. The van der Waals surface area contributed by atoms with E-state index in [1.807, 2.05) is 0 Å². The van der Waals surface area contributed by atoms with E-state index >= 15 is 0 Å². The van der Waals surface area contributed by atoms with Crippen molar-refractivity contribution in [3.05, 3.63) is 0 Å². The highest BCUT2D eigenvalue weighted by atomic mass is 32.2. The molecule has 0 saturated heterocycles. The molecule has 0 spiro atoms. The first kappa shape index (κ1) is 10.4. The molecule has 0 aromatic rings. The Labute approximate surface area is 67.1 Å². The third-order valence-electron chi connectivity index (χ3n) is 1.34. The molecule has 66 valence electrons. The highest BCUT2D eigenvalue weighted by molar-refractivity contribution is 7.90. The van der Waals surface area contributed by atoms with Crippen LogP contribution in [0.5, 0.6) is 0 Å². The second-order valence-corrected chi connectivity index (χ2v) is 4.83. The summed E-state index contributed by atoms with van der Waals surface area (Å²) >= 11 is 0. The number of hydrogen-bond donors (Lipinski definition) is 0. The molecule has 0 aliphatic carbocycles. The zero-order chi connectivity index (χ0) is 9.07. The molecule has 0 rings (SSSR count). The summed E-state index contributed by atoms with van der Waals surface area (Å²) in [6.45, 7) is 1.68. The van der Waals surface area contributed by atoms with Gasteiger partial charge in [0.15, 0.2) is 0 Å². The number of sulfone groups is 1. The second-order valence-electron chi connectivity index (χ2n) is 2.57. The molecule has 0 aromatic heterocycles. The molecule has 1 amide bonds. The van der Waals surface area contributed by atoms with Gasteiger partial charge in [0.25, 0.3) is 0 Å². The summed E-state index contributed by atoms with van der Waals surface area (Å²) < 4.78 is 21.2. The van der Waals surface area contributed by atoms with Crippen LogP contribution in [-0.2, 0) is 14.6 Å². The van der Waals surface area contributed by atoms with Crippen LogP contribution >= 0.6 is 0 Å². The smallest absolute Gasteiger partial charge is 0.219 e. The van der Waals surface area contributed by atoms with Gasteiger partial charge in [0.2, 0.25) is 5.91 Å². The molecule has 0 atom stereocenters. The Kier molecular flexibility index (Phi) is 3.51. The summed E-state index contributed by atoms with van der Waals surface area (Å²) in [5, 5.41) is 0. The predicted octanol–water partition coefficient (Wildman–Crippen LogP) is -0.491. The third-order valence-corrected chi connectivity index (χ3v) is 2.26. The van der Waals surface area contributed by atoms with Gasteiger partial charge in [-0.05, 0) is 0 Å². The number of carbonyl (C=O) groups is 1. The zero-order valence-corrected chi connectivity index (χ0v) is 7.81. The minimum absolute atomic E-state index is 0.0308. The number of rotatable bonds is 3. The second kappa shape index (κ2) is 3.71. The highest BCUT2D eigenvalue weighted by Gasteiger charge is 2.06. The van der Waals surface area contributed by atoms with Gasteiger partial charge in [-0.3, -0.25) is 4.79 Å². The Bertz CT molecular complexity index is 232. The van der Waals surface area contributed by atoms with Crippen LogP contribution in [0.25, 0.3) is 0 Å². The predicted molar refractivity (Wildman–Crippen MR) is 43.0 cm³/mol. The maximum absolute atomic E-state index is 10.6. The van der Waals surface area contributed by atoms with Crippen LogP contribution in [-0.4, -0.2) is 44.8 Å². The summed E-state index contributed by atoms with van der Waals surface area (Å²) in [6, 6.07) is 0. The summed E-state index contributed by atoms with van der Waals surface area (Å²) in [7, 11) is -1.37. The van der Waals surface area contributed by atoms with Crippen molar-refractivity contribution in [1.29, 1.82) is 0 Å². The minimum Gasteiger partial charge on any atom is -0.345 e. The largest absolute Gasteiger partial charge is 0.345 e. The van der Waals surface area contributed by atoms with E-state index in [2.05, 4.69) is 0 Å². The fraction of sp³-hybridized carbons (Fsp3) is 0.833. The molecular formula is C6H13NO3S. The molecule has 0 aliphatic rings. The van der Waals surface area contributed by atoms with Crippen molar-refractivity contribution in [2.45, 2.75) is 6.92 Å².